The molecule has 0 saturated carbocycles. The second-order valence-corrected chi connectivity index (χ2v) is 10.1. The van der Waals surface area contributed by atoms with Crippen LogP contribution < -0.4 is 4.74 Å². The van der Waals surface area contributed by atoms with Crippen LogP contribution in [-0.4, -0.2) is 28.0 Å². The molecule has 5 heteroatoms. The lowest BCUT2D eigenvalue weighted by Gasteiger charge is -2.22. The van der Waals surface area contributed by atoms with Gasteiger partial charge in [-0.1, -0.05) is 18.7 Å². The highest BCUT2D eigenvalue weighted by Crippen LogP contribution is 2.21. The summed E-state index contributed by atoms with van der Waals surface area (Å²) in [4.78, 5) is 12.2. The van der Waals surface area contributed by atoms with E-state index in [9.17, 15) is 4.79 Å². The number of carbonyl (C=O) groups is 1. The molecule has 1 aromatic carbocycles. The van der Waals surface area contributed by atoms with Crippen LogP contribution in [0.2, 0.25) is 19.6 Å². The molecule has 22 heavy (non-hydrogen) atoms. The molecule has 0 aliphatic rings. The van der Waals surface area contributed by atoms with Gasteiger partial charge in [-0.3, -0.25) is 0 Å². The lowest BCUT2D eigenvalue weighted by atomic mass is 10.1. The molecule has 0 N–H and O–H groups in total. The Kier molecular flexibility index (Phi) is 6.43. The van der Waals surface area contributed by atoms with Crippen molar-refractivity contribution in [3.05, 3.63) is 47.7 Å². The van der Waals surface area contributed by atoms with Crippen LogP contribution in [0, 0.1) is 0 Å². The number of hydrogen-bond donors (Lipinski definition) is 0. The topological polar surface area (TPSA) is 44.8 Å². The molecule has 0 aliphatic heterocycles. The minimum Gasteiger partial charge on any atom is -0.544 e. The molecule has 0 bridgehead atoms. The van der Waals surface area contributed by atoms with Crippen LogP contribution in [0.3, 0.4) is 0 Å². The van der Waals surface area contributed by atoms with Gasteiger partial charge in [0.05, 0.1) is 13.7 Å². The van der Waals surface area contributed by atoms with Gasteiger partial charge < -0.3 is 13.9 Å². The monoisotopic (exact) mass is 320 g/mol. The van der Waals surface area contributed by atoms with Crippen molar-refractivity contribution >= 4 is 20.4 Å². The summed E-state index contributed by atoms with van der Waals surface area (Å²) in [5.41, 5.74) is 1.19. The Balaban J connectivity index is 3.10. The van der Waals surface area contributed by atoms with Crippen molar-refractivity contribution in [3.63, 3.8) is 0 Å². The largest absolute Gasteiger partial charge is 0.544 e. The number of esters is 1. The molecule has 0 saturated heterocycles. The SMILES string of the molecule is C=C(O[Si](C)(C)C)/C(=C/c1ccc(OC)cc1)C(=O)OCC. The van der Waals surface area contributed by atoms with Gasteiger partial charge in [0.1, 0.15) is 17.1 Å². The van der Waals surface area contributed by atoms with Crippen molar-refractivity contribution in [1.82, 2.24) is 0 Å². The summed E-state index contributed by atoms with van der Waals surface area (Å²) in [6, 6.07) is 7.38. The summed E-state index contributed by atoms with van der Waals surface area (Å²) in [7, 11) is -0.242. The van der Waals surface area contributed by atoms with E-state index in [1.54, 1.807) is 20.1 Å². The second kappa shape index (κ2) is 7.84. The van der Waals surface area contributed by atoms with E-state index in [1.807, 2.05) is 43.9 Å². The summed E-state index contributed by atoms with van der Waals surface area (Å²) in [5.74, 6) is 0.682. The molecule has 0 amide bonds. The first kappa shape index (κ1) is 18.0. The van der Waals surface area contributed by atoms with E-state index in [0.29, 0.717) is 17.9 Å². The zero-order chi connectivity index (χ0) is 16.8. The van der Waals surface area contributed by atoms with Crippen LogP contribution in [0.5, 0.6) is 5.75 Å². The first-order chi connectivity index (χ1) is 10.3. The Labute approximate surface area is 133 Å². The fraction of sp³-hybridized carbons (Fsp3) is 0.353. The summed E-state index contributed by atoms with van der Waals surface area (Å²) in [6.45, 7) is 12.1. The molecule has 120 valence electrons. The number of carbonyl (C=O) groups excluding carboxylic acids is 1. The van der Waals surface area contributed by atoms with Gasteiger partial charge in [-0.2, -0.15) is 0 Å². The molecule has 0 aromatic heterocycles. The summed E-state index contributed by atoms with van der Waals surface area (Å²) >= 11 is 0. The Morgan fingerprint density at radius 1 is 1.23 bits per heavy atom. The molecule has 0 unspecified atom stereocenters. The molecule has 0 aliphatic carbocycles. The van der Waals surface area contributed by atoms with Gasteiger partial charge >= 0.3 is 5.97 Å². The van der Waals surface area contributed by atoms with Gasteiger partial charge in [-0.15, -0.1) is 0 Å². The van der Waals surface area contributed by atoms with Crippen LogP contribution in [0.4, 0.5) is 0 Å². The van der Waals surface area contributed by atoms with Crippen LogP contribution in [0.25, 0.3) is 6.08 Å². The molecule has 0 heterocycles. The van der Waals surface area contributed by atoms with Gasteiger partial charge in [0.25, 0.3) is 0 Å². The fourth-order valence-electron chi connectivity index (χ4n) is 1.75. The van der Waals surface area contributed by atoms with Crippen LogP contribution in [0.15, 0.2) is 42.2 Å². The fourth-order valence-corrected chi connectivity index (χ4v) is 2.60. The zero-order valence-electron chi connectivity index (χ0n) is 13.9. The van der Waals surface area contributed by atoms with Crippen molar-refractivity contribution in [2.45, 2.75) is 26.6 Å². The van der Waals surface area contributed by atoms with Crippen molar-refractivity contribution in [2.24, 2.45) is 0 Å². The molecular weight excluding hydrogens is 296 g/mol. The van der Waals surface area contributed by atoms with Crippen molar-refractivity contribution < 1.29 is 18.7 Å². The lowest BCUT2D eigenvalue weighted by molar-refractivity contribution is -0.138. The smallest absolute Gasteiger partial charge is 0.341 e. The number of rotatable bonds is 7. The highest BCUT2D eigenvalue weighted by Gasteiger charge is 2.22. The van der Waals surface area contributed by atoms with E-state index >= 15 is 0 Å². The molecule has 4 nitrogen and oxygen atoms in total. The molecule has 1 aromatic rings. The predicted octanol–water partition coefficient (Wildman–Crippen LogP) is 4.01. The number of methoxy groups -OCH3 is 1. The molecule has 0 atom stereocenters. The highest BCUT2D eigenvalue weighted by molar-refractivity contribution is 6.70. The molecule has 0 fully saturated rings. The Morgan fingerprint density at radius 3 is 2.27 bits per heavy atom. The van der Waals surface area contributed by atoms with Gasteiger partial charge in [0.15, 0.2) is 0 Å². The third-order valence-electron chi connectivity index (χ3n) is 2.65. The van der Waals surface area contributed by atoms with E-state index in [2.05, 4.69) is 6.58 Å². The second-order valence-electron chi connectivity index (χ2n) is 5.69. The number of hydrogen-bond acceptors (Lipinski definition) is 4. The predicted molar refractivity (Wildman–Crippen MR) is 91.2 cm³/mol. The average molecular weight is 320 g/mol. The Bertz CT molecular complexity index is 553. The summed E-state index contributed by atoms with van der Waals surface area (Å²) < 4.78 is 16.1. The maximum Gasteiger partial charge on any atom is 0.341 e. The Hall–Kier alpha value is -2.01. The van der Waals surface area contributed by atoms with E-state index in [0.717, 1.165) is 11.3 Å². The van der Waals surface area contributed by atoms with E-state index in [1.165, 1.54) is 0 Å². The minimum atomic E-state index is -1.85. The first-order valence-corrected chi connectivity index (χ1v) is 10.6. The van der Waals surface area contributed by atoms with Crippen molar-refractivity contribution in [2.75, 3.05) is 13.7 Å². The standard InChI is InChI=1S/C17H24O4Si/c1-7-20-17(18)16(13(2)21-22(4,5)6)12-14-8-10-15(19-3)11-9-14/h8-12H,2,7H2,1,3-6H3/b16-12-. The quantitative estimate of drug-likeness (QED) is 0.250. The van der Waals surface area contributed by atoms with Gasteiger partial charge in [-0.25, -0.2) is 4.79 Å². The van der Waals surface area contributed by atoms with E-state index < -0.39 is 14.3 Å². The molecule has 0 spiro atoms. The normalized spacial score (nSPS) is 11.8. The number of benzene rings is 1. The molecular formula is C17H24O4Si. The minimum absolute atomic E-state index is 0.305. The highest BCUT2D eigenvalue weighted by atomic mass is 28.4. The zero-order valence-corrected chi connectivity index (χ0v) is 14.9. The lowest BCUT2D eigenvalue weighted by Crippen LogP contribution is -2.26. The third-order valence-corrected chi connectivity index (χ3v) is 3.51. The van der Waals surface area contributed by atoms with Crippen LogP contribution in [0.1, 0.15) is 12.5 Å². The van der Waals surface area contributed by atoms with Gasteiger partial charge in [-0.05, 0) is 50.3 Å². The molecule has 0 radical (unpaired) electrons. The summed E-state index contributed by atoms with van der Waals surface area (Å²) in [6.07, 6.45) is 1.72. The molecule has 1 rings (SSSR count). The van der Waals surface area contributed by atoms with E-state index in [-0.39, 0.29) is 0 Å². The third kappa shape index (κ3) is 5.77. The van der Waals surface area contributed by atoms with Crippen molar-refractivity contribution in [1.29, 1.82) is 0 Å². The van der Waals surface area contributed by atoms with Crippen molar-refractivity contribution in [3.8, 4) is 5.75 Å². The first-order valence-electron chi connectivity index (χ1n) is 7.18. The Morgan fingerprint density at radius 2 is 1.82 bits per heavy atom. The van der Waals surface area contributed by atoms with Gasteiger partial charge in [0.2, 0.25) is 8.32 Å². The summed E-state index contributed by atoms with van der Waals surface area (Å²) in [5, 5.41) is 0. The van der Waals surface area contributed by atoms with Crippen LogP contribution >= 0.6 is 0 Å². The van der Waals surface area contributed by atoms with Gasteiger partial charge in [0, 0.05) is 0 Å². The van der Waals surface area contributed by atoms with Crippen LogP contribution in [-0.2, 0) is 14.0 Å². The maximum atomic E-state index is 12.2. The van der Waals surface area contributed by atoms with E-state index in [4.69, 9.17) is 13.9 Å². The maximum absolute atomic E-state index is 12.2. The number of ether oxygens (including phenoxy) is 2. The average Bonchev–Trinajstić information content (AvgIpc) is 2.43.